The molecule has 0 aliphatic carbocycles. The zero-order chi connectivity index (χ0) is 15.4. The lowest BCUT2D eigenvalue weighted by Crippen LogP contribution is -2.12. The van der Waals surface area contributed by atoms with E-state index in [-0.39, 0.29) is 18.0 Å². The molecule has 0 saturated carbocycles. The lowest BCUT2D eigenvalue weighted by molar-refractivity contribution is -0.0794. The second-order valence-corrected chi connectivity index (χ2v) is 3.94. The highest BCUT2D eigenvalue weighted by Gasteiger charge is 2.29. The van der Waals surface area contributed by atoms with Gasteiger partial charge >= 0.3 is 11.9 Å². The zero-order valence-corrected chi connectivity index (χ0v) is 11.1. The topological polar surface area (TPSA) is 96.4 Å². The first-order valence-electron chi connectivity index (χ1n) is 6.04. The van der Waals surface area contributed by atoms with Crippen molar-refractivity contribution in [3.63, 3.8) is 0 Å². The summed E-state index contributed by atoms with van der Waals surface area (Å²) in [4.78, 5) is 26.4. The second-order valence-electron chi connectivity index (χ2n) is 3.94. The van der Waals surface area contributed by atoms with Crippen LogP contribution in [0.4, 0.5) is 10.3 Å². The number of hydrogen-bond acceptors (Lipinski definition) is 6. The molecule has 0 saturated heterocycles. The second kappa shape index (κ2) is 6.04. The number of carbonyl (C=O) groups excluding carboxylic acids is 2. The number of esters is 1. The third-order valence-electron chi connectivity index (χ3n) is 2.66. The van der Waals surface area contributed by atoms with Gasteiger partial charge in [0.25, 0.3) is 0 Å². The first kappa shape index (κ1) is 14.5. The molecule has 0 bridgehead atoms. The van der Waals surface area contributed by atoms with E-state index in [0.717, 1.165) is 4.68 Å². The molecular formula is C13H12FN3O4. The summed E-state index contributed by atoms with van der Waals surface area (Å²) >= 11 is 0. The van der Waals surface area contributed by atoms with Gasteiger partial charge in [-0.05, 0) is 19.1 Å². The van der Waals surface area contributed by atoms with Crippen molar-refractivity contribution in [1.29, 1.82) is 0 Å². The van der Waals surface area contributed by atoms with Crippen LogP contribution < -0.4 is 5.73 Å². The van der Waals surface area contributed by atoms with Crippen molar-refractivity contribution in [2.24, 2.45) is 0 Å². The van der Waals surface area contributed by atoms with Gasteiger partial charge in [0.05, 0.1) is 12.3 Å². The lowest BCUT2D eigenvalue weighted by Gasteiger charge is -2.04. The molecule has 0 amide bonds. The van der Waals surface area contributed by atoms with Gasteiger partial charge in [0.15, 0.2) is 5.69 Å². The van der Waals surface area contributed by atoms with Gasteiger partial charge in [0, 0.05) is 4.53 Å². The predicted octanol–water partition coefficient (Wildman–Crippen LogP) is 1.67. The Morgan fingerprint density at radius 2 is 1.95 bits per heavy atom. The number of nitrogens with two attached hydrogens (primary N) is 1. The van der Waals surface area contributed by atoms with Crippen LogP contribution in [0, 0.1) is 0 Å². The van der Waals surface area contributed by atoms with Gasteiger partial charge in [0.2, 0.25) is 0 Å². The van der Waals surface area contributed by atoms with Gasteiger partial charge in [-0.2, -0.15) is 5.10 Å². The maximum Gasteiger partial charge on any atom is 0.400 e. The van der Waals surface area contributed by atoms with Crippen molar-refractivity contribution in [3.8, 4) is 5.69 Å². The molecule has 0 aliphatic rings. The predicted molar refractivity (Wildman–Crippen MR) is 70.5 cm³/mol. The minimum Gasteiger partial charge on any atom is -0.462 e. The van der Waals surface area contributed by atoms with Crippen LogP contribution in [0.3, 0.4) is 0 Å². The molecular weight excluding hydrogens is 281 g/mol. The quantitative estimate of drug-likeness (QED) is 0.861. The average molecular weight is 293 g/mol. The highest BCUT2D eigenvalue weighted by Crippen LogP contribution is 2.23. The van der Waals surface area contributed by atoms with Crippen molar-refractivity contribution < 1.29 is 23.8 Å². The molecule has 0 radical (unpaired) electrons. The van der Waals surface area contributed by atoms with E-state index in [2.05, 4.69) is 10.0 Å². The molecule has 1 heterocycles. The number of carbonyl (C=O) groups is 2. The Morgan fingerprint density at radius 1 is 1.29 bits per heavy atom. The Labute approximate surface area is 119 Å². The molecule has 0 atom stereocenters. The van der Waals surface area contributed by atoms with Crippen LogP contribution in [0.25, 0.3) is 5.69 Å². The van der Waals surface area contributed by atoms with E-state index in [1.807, 2.05) is 0 Å². The Balaban J connectivity index is 2.60. The van der Waals surface area contributed by atoms with Gasteiger partial charge < -0.3 is 10.5 Å². The Bertz CT molecular complexity index is 670. The van der Waals surface area contributed by atoms with Crippen LogP contribution in [-0.2, 0) is 9.68 Å². The minimum atomic E-state index is -1.42. The van der Waals surface area contributed by atoms with Crippen molar-refractivity contribution >= 4 is 17.8 Å². The summed E-state index contributed by atoms with van der Waals surface area (Å²) in [6, 6.07) is 8.51. The monoisotopic (exact) mass is 293 g/mol. The normalized spacial score (nSPS) is 10.2. The summed E-state index contributed by atoms with van der Waals surface area (Å²) in [7, 11) is 0. The SMILES string of the molecule is CCOC(=O)c1c(C(=O)OF)nn(-c2ccccc2)c1N. The fourth-order valence-corrected chi connectivity index (χ4v) is 1.78. The van der Waals surface area contributed by atoms with Crippen LogP contribution in [0.15, 0.2) is 30.3 Å². The Morgan fingerprint density at radius 3 is 2.52 bits per heavy atom. The molecule has 0 fully saturated rings. The Kier molecular flexibility index (Phi) is 4.17. The molecule has 0 aliphatic heterocycles. The molecule has 1 aromatic heterocycles. The number of para-hydroxylation sites is 1. The van der Waals surface area contributed by atoms with E-state index < -0.39 is 17.6 Å². The number of halogens is 1. The maximum absolute atomic E-state index is 12.2. The maximum atomic E-state index is 12.2. The van der Waals surface area contributed by atoms with E-state index in [0.29, 0.717) is 5.69 Å². The summed E-state index contributed by atoms with van der Waals surface area (Å²) in [5.41, 5.74) is 5.45. The van der Waals surface area contributed by atoms with Gasteiger partial charge in [-0.3, -0.25) is 0 Å². The van der Waals surface area contributed by atoms with Gasteiger partial charge in [0.1, 0.15) is 11.4 Å². The third kappa shape index (κ3) is 2.69. The van der Waals surface area contributed by atoms with Crippen LogP contribution in [0.2, 0.25) is 0 Å². The number of anilines is 1. The first-order chi connectivity index (χ1) is 10.1. The fourth-order valence-electron chi connectivity index (χ4n) is 1.78. The van der Waals surface area contributed by atoms with E-state index >= 15 is 0 Å². The summed E-state index contributed by atoms with van der Waals surface area (Å²) in [5, 5.41) is 3.83. The fraction of sp³-hybridized carbons (Fsp3) is 0.154. The number of nitrogen functional groups attached to an aromatic ring is 1. The zero-order valence-electron chi connectivity index (χ0n) is 11.1. The number of rotatable bonds is 4. The molecule has 110 valence electrons. The summed E-state index contributed by atoms with van der Waals surface area (Å²) in [6.07, 6.45) is 0. The van der Waals surface area contributed by atoms with Gasteiger partial charge in [-0.1, -0.05) is 18.2 Å². The van der Waals surface area contributed by atoms with Crippen LogP contribution >= 0.6 is 0 Å². The molecule has 7 nitrogen and oxygen atoms in total. The van der Waals surface area contributed by atoms with Crippen molar-refractivity contribution in [1.82, 2.24) is 9.78 Å². The number of aromatic nitrogens is 2. The number of ether oxygens (including phenoxy) is 1. The molecule has 2 rings (SSSR count). The molecule has 2 N–H and O–H groups in total. The molecule has 0 unspecified atom stereocenters. The third-order valence-corrected chi connectivity index (χ3v) is 2.66. The van der Waals surface area contributed by atoms with Crippen molar-refractivity contribution in [3.05, 3.63) is 41.6 Å². The van der Waals surface area contributed by atoms with E-state index in [4.69, 9.17) is 10.5 Å². The van der Waals surface area contributed by atoms with Crippen LogP contribution in [-0.4, -0.2) is 28.3 Å². The standard InChI is InChI=1S/C13H12FN3O4/c1-2-20-12(18)9-10(13(19)21-14)16-17(11(9)15)8-6-4-3-5-7-8/h3-7H,2,15H2,1H3. The number of benzene rings is 1. The lowest BCUT2D eigenvalue weighted by atomic mass is 10.2. The van der Waals surface area contributed by atoms with Crippen molar-refractivity contribution in [2.45, 2.75) is 6.92 Å². The first-order valence-corrected chi connectivity index (χ1v) is 6.04. The minimum absolute atomic E-state index is 0.0684. The Hall–Kier alpha value is -2.90. The largest absolute Gasteiger partial charge is 0.462 e. The van der Waals surface area contributed by atoms with E-state index in [9.17, 15) is 14.1 Å². The van der Waals surface area contributed by atoms with Crippen molar-refractivity contribution in [2.75, 3.05) is 12.3 Å². The highest BCUT2D eigenvalue weighted by atomic mass is 19.3. The average Bonchev–Trinajstić information content (AvgIpc) is 2.85. The molecule has 2 aromatic rings. The summed E-state index contributed by atoms with van der Waals surface area (Å²) in [6.45, 7) is 1.65. The highest BCUT2D eigenvalue weighted by molar-refractivity contribution is 6.05. The molecule has 8 heteroatoms. The van der Waals surface area contributed by atoms with Gasteiger partial charge in [-0.15, -0.1) is 0 Å². The molecule has 0 spiro atoms. The van der Waals surface area contributed by atoms with Crippen LogP contribution in [0.5, 0.6) is 0 Å². The molecule has 1 aromatic carbocycles. The van der Waals surface area contributed by atoms with E-state index in [1.54, 1.807) is 37.3 Å². The summed E-state index contributed by atoms with van der Waals surface area (Å²) < 4.78 is 18.1. The number of nitrogens with zero attached hydrogens (tertiary/aromatic N) is 2. The summed E-state index contributed by atoms with van der Waals surface area (Å²) in [5.74, 6) is -2.43. The smallest absolute Gasteiger partial charge is 0.400 e. The van der Waals surface area contributed by atoms with E-state index in [1.165, 1.54) is 0 Å². The molecule has 21 heavy (non-hydrogen) atoms. The number of hydrogen-bond donors (Lipinski definition) is 1. The van der Waals surface area contributed by atoms with Crippen LogP contribution in [0.1, 0.15) is 27.8 Å². The van der Waals surface area contributed by atoms with Gasteiger partial charge in [-0.25, -0.2) is 19.2 Å².